The average molecular weight is 449 g/mol. The maximum absolute atomic E-state index is 10.9. The fourth-order valence-corrected chi connectivity index (χ4v) is 6.49. The SMILES string of the molecule is CCN1C(=CC2=C(OC)C(=Cc3sc4ccccc4[n+]3CC)C2=[OH+])Sc2ccccc21. The highest BCUT2D eigenvalue weighted by molar-refractivity contribution is 8.03. The maximum Gasteiger partial charge on any atom is 0.362 e. The number of carbonyl (C=O) groups excluding carboxylic acids is 1. The van der Waals surface area contributed by atoms with Gasteiger partial charge in [0.2, 0.25) is 5.52 Å². The summed E-state index contributed by atoms with van der Waals surface area (Å²) in [5, 5.41) is 2.20. The normalized spacial score (nSPS) is 18.3. The van der Waals surface area contributed by atoms with Crippen molar-refractivity contribution in [1.29, 1.82) is 0 Å². The number of benzene rings is 2. The Morgan fingerprint density at radius 3 is 2.61 bits per heavy atom. The molecular formula is C25H24N2O2S2+2. The summed E-state index contributed by atoms with van der Waals surface area (Å²) in [5.41, 5.74) is 3.94. The van der Waals surface area contributed by atoms with E-state index >= 15 is 0 Å². The molecule has 1 aliphatic carbocycles. The fourth-order valence-electron chi connectivity index (χ4n) is 4.15. The number of anilines is 1. The van der Waals surface area contributed by atoms with Gasteiger partial charge in [0.15, 0.2) is 5.76 Å². The zero-order valence-electron chi connectivity index (χ0n) is 17.8. The first-order valence-electron chi connectivity index (χ1n) is 10.4. The summed E-state index contributed by atoms with van der Waals surface area (Å²) in [6.45, 7) is 6.02. The van der Waals surface area contributed by atoms with Crippen LogP contribution in [0.15, 0.2) is 81.4 Å². The van der Waals surface area contributed by atoms with Gasteiger partial charge in [-0.25, -0.2) is 0 Å². The molecule has 0 unspecified atom stereocenters. The van der Waals surface area contributed by atoms with Crippen molar-refractivity contribution in [2.75, 3.05) is 18.6 Å². The van der Waals surface area contributed by atoms with Crippen molar-refractivity contribution in [2.24, 2.45) is 0 Å². The number of hydrogen-bond acceptors (Lipinski definition) is 4. The number of aryl methyl sites for hydroxylation is 1. The van der Waals surface area contributed by atoms with Crippen LogP contribution in [0.2, 0.25) is 0 Å². The smallest absolute Gasteiger partial charge is 0.362 e. The zero-order chi connectivity index (χ0) is 21.5. The van der Waals surface area contributed by atoms with Crippen molar-refractivity contribution in [3.05, 3.63) is 81.5 Å². The second-order valence-electron chi connectivity index (χ2n) is 7.30. The quantitative estimate of drug-likeness (QED) is 0.293. The minimum atomic E-state index is 0.289. The van der Waals surface area contributed by atoms with E-state index < -0.39 is 0 Å². The number of allylic oxidation sites excluding steroid dienone is 3. The van der Waals surface area contributed by atoms with Crippen molar-refractivity contribution in [2.45, 2.75) is 25.3 Å². The van der Waals surface area contributed by atoms with Crippen LogP contribution in [0.25, 0.3) is 16.3 Å². The minimum Gasteiger partial charge on any atom is -0.495 e. The molecule has 2 aromatic carbocycles. The topological polar surface area (TPSA) is 37.8 Å². The molecule has 6 heteroatoms. The lowest BCUT2D eigenvalue weighted by Gasteiger charge is -2.21. The van der Waals surface area contributed by atoms with Crippen LogP contribution in [0.5, 0.6) is 0 Å². The molecule has 1 aromatic heterocycles. The van der Waals surface area contributed by atoms with E-state index in [1.54, 1.807) is 30.2 Å². The third kappa shape index (κ3) is 3.22. The number of aromatic nitrogens is 1. The molecule has 0 atom stereocenters. The standard InChI is InChI=1S/C25H23N2O2S2/c1-4-26-18-10-6-8-12-20(18)30-22(26)14-16-24(28)17(25(16)29-3)15-23-27(5-2)19-11-7-9-13-21(19)31-23/h6-15H,4-5H2,1-3H3/q+1/p+1. The molecule has 2 heterocycles. The highest BCUT2D eigenvalue weighted by Crippen LogP contribution is 2.47. The van der Waals surface area contributed by atoms with Gasteiger partial charge < -0.3 is 9.64 Å². The van der Waals surface area contributed by atoms with E-state index in [9.17, 15) is 4.79 Å². The number of rotatable bonds is 5. The molecule has 0 radical (unpaired) electrons. The molecular weight excluding hydrogens is 424 g/mol. The molecule has 5 rings (SSSR count). The number of fused-ring (bicyclic) bond motifs is 2. The van der Waals surface area contributed by atoms with Crippen LogP contribution in [0.3, 0.4) is 0 Å². The monoisotopic (exact) mass is 448 g/mol. The predicted octanol–water partition coefficient (Wildman–Crippen LogP) is 5.52. The third-order valence-electron chi connectivity index (χ3n) is 5.64. The summed E-state index contributed by atoms with van der Waals surface area (Å²) < 4.78 is 9.22. The molecule has 0 fully saturated rings. The number of thioether (sulfide) groups is 1. The molecule has 0 saturated carbocycles. The largest absolute Gasteiger partial charge is 0.495 e. The lowest BCUT2D eigenvalue weighted by atomic mass is 9.87. The van der Waals surface area contributed by atoms with Crippen LogP contribution in [0.1, 0.15) is 18.9 Å². The van der Waals surface area contributed by atoms with Crippen molar-refractivity contribution < 1.29 is 14.1 Å². The van der Waals surface area contributed by atoms with E-state index in [2.05, 4.69) is 71.8 Å². The van der Waals surface area contributed by atoms with Crippen LogP contribution in [0.4, 0.5) is 5.69 Å². The summed E-state index contributed by atoms with van der Waals surface area (Å²) >= 11 is 3.45. The van der Waals surface area contributed by atoms with Gasteiger partial charge in [-0.2, -0.15) is 4.57 Å². The van der Waals surface area contributed by atoms with Crippen molar-refractivity contribution >= 4 is 50.9 Å². The van der Waals surface area contributed by atoms with Crippen LogP contribution in [-0.2, 0) is 11.3 Å². The Hall–Kier alpha value is -2.83. The Bertz CT molecular complexity index is 1300. The number of para-hydroxylation sites is 2. The Kier molecular flexibility index (Phi) is 5.20. The number of ether oxygens (including phenoxy) is 1. The molecule has 0 amide bonds. The zero-order valence-corrected chi connectivity index (χ0v) is 19.4. The predicted molar refractivity (Wildman–Crippen MR) is 130 cm³/mol. The molecule has 1 N–H and O–H groups in total. The summed E-state index contributed by atoms with van der Waals surface area (Å²) in [6, 6.07) is 16.8. The number of nitrogens with zero attached hydrogens (tertiary/aromatic N) is 2. The van der Waals surface area contributed by atoms with E-state index in [1.807, 2.05) is 12.2 Å². The van der Waals surface area contributed by atoms with E-state index in [1.165, 1.54) is 20.8 Å². The van der Waals surface area contributed by atoms with Gasteiger partial charge in [0, 0.05) is 23.6 Å². The highest BCUT2D eigenvalue weighted by Gasteiger charge is 2.42. The Labute approximate surface area is 190 Å². The number of ketones is 1. The summed E-state index contributed by atoms with van der Waals surface area (Å²) in [4.78, 5) is 14.4. The van der Waals surface area contributed by atoms with Crippen molar-refractivity contribution in [3.8, 4) is 0 Å². The first-order valence-corrected chi connectivity index (χ1v) is 12.0. The van der Waals surface area contributed by atoms with Gasteiger partial charge in [-0.3, -0.25) is 4.79 Å². The van der Waals surface area contributed by atoms with Gasteiger partial charge in [-0.1, -0.05) is 47.4 Å². The highest BCUT2D eigenvalue weighted by atomic mass is 32.2. The number of hydrogen-bond donors (Lipinski definition) is 0. The molecule has 0 spiro atoms. The first-order chi connectivity index (χ1) is 15.2. The second kappa shape index (κ2) is 8.02. The molecule has 1 aliphatic heterocycles. The van der Waals surface area contributed by atoms with E-state index in [-0.39, 0.29) is 5.78 Å². The van der Waals surface area contributed by atoms with Gasteiger partial charge in [0.05, 0.1) is 17.8 Å². The summed E-state index contributed by atoms with van der Waals surface area (Å²) in [5.74, 6) is 1.02. The van der Waals surface area contributed by atoms with Gasteiger partial charge in [-0.05, 0) is 38.1 Å². The van der Waals surface area contributed by atoms with Crippen LogP contribution in [-0.4, -0.2) is 24.2 Å². The van der Waals surface area contributed by atoms with Crippen LogP contribution >= 0.6 is 23.1 Å². The van der Waals surface area contributed by atoms with Crippen LogP contribution in [0, 0.1) is 0 Å². The van der Waals surface area contributed by atoms with Gasteiger partial charge in [0.25, 0.3) is 5.01 Å². The maximum atomic E-state index is 10.9. The van der Waals surface area contributed by atoms with E-state index in [0.29, 0.717) is 0 Å². The fraction of sp³-hybridized carbons (Fsp3) is 0.200. The molecule has 4 nitrogen and oxygen atoms in total. The molecule has 31 heavy (non-hydrogen) atoms. The van der Waals surface area contributed by atoms with Crippen molar-refractivity contribution in [3.63, 3.8) is 0 Å². The Morgan fingerprint density at radius 2 is 1.84 bits per heavy atom. The second-order valence-corrected chi connectivity index (χ2v) is 9.43. The minimum absolute atomic E-state index is 0.289. The van der Waals surface area contributed by atoms with Gasteiger partial charge >= 0.3 is 5.78 Å². The van der Waals surface area contributed by atoms with Crippen molar-refractivity contribution in [1.82, 2.24) is 0 Å². The lowest BCUT2D eigenvalue weighted by molar-refractivity contribution is -0.665. The van der Waals surface area contributed by atoms with Gasteiger partial charge in [-0.15, -0.1) is 0 Å². The molecule has 0 bridgehead atoms. The number of thiazole rings is 1. The Morgan fingerprint density at radius 1 is 1.06 bits per heavy atom. The summed E-state index contributed by atoms with van der Waals surface area (Å²) in [7, 11) is 1.67. The van der Waals surface area contributed by atoms with E-state index in [0.717, 1.165) is 40.0 Å². The molecule has 156 valence electrons. The lowest BCUT2D eigenvalue weighted by Crippen LogP contribution is -2.34. The first kappa shape index (κ1) is 20.1. The third-order valence-corrected chi connectivity index (χ3v) is 7.87. The van der Waals surface area contributed by atoms with Crippen LogP contribution < -0.4 is 9.47 Å². The Balaban J connectivity index is 1.54. The van der Waals surface area contributed by atoms with Gasteiger partial charge in [0.1, 0.15) is 22.4 Å². The average Bonchev–Trinajstić information content (AvgIpc) is 3.34. The molecule has 2 aliphatic rings. The molecule has 0 saturated heterocycles. The van der Waals surface area contributed by atoms with E-state index in [4.69, 9.17) is 4.74 Å². The summed E-state index contributed by atoms with van der Waals surface area (Å²) in [6.07, 6.45) is 4.08. The number of methoxy groups -OCH3 is 1. The molecule has 3 aromatic rings.